The van der Waals surface area contributed by atoms with E-state index in [0.29, 0.717) is 26.3 Å². The second-order valence-corrected chi connectivity index (χ2v) is 5.73. The van der Waals surface area contributed by atoms with Crippen LogP contribution in [-0.2, 0) is 4.74 Å². The summed E-state index contributed by atoms with van der Waals surface area (Å²) in [7, 11) is 0. The van der Waals surface area contributed by atoms with Crippen LogP contribution in [-0.4, -0.2) is 37.1 Å². The summed E-state index contributed by atoms with van der Waals surface area (Å²) in [5.74, 6) is -2.06. The fourth-order valence-corrected chi connectivity index (χ4v) is 2.70. The van der Waals surface area contributed by atoms with E-state index in [0.717, 1.165) is 18.6 Å². The molecule has 0 unspecified atom stereocenters. The predicted molar refractivity (Wildman–Crippen MR) is 74.6 cm³/mol. The van der Waals surface area contributed by atoms with Crippen molar-refractivity contribution >= 4 is 21.8 Å². The number of halogens is 3. The maximum absolute atomic E-state index is 13.8. The molecule has 2 rings (SSSR count). The molecular weight excluding hydrogens is 332 g/mol. The summed E-state index contributed by atoms with van der Waals surface area (Å²) >= 11 is 3.00. The molecule has 0 saturated carbocycles. The third kappa shape index (κ3) is 3.35. The fourth-order valence-electron chi connectivity index (χ4n) is 2.30. The number of nitrogens with zero attached hydrogens (tertiary/aromatic N) is 1. The van der Waals surface area contributed by atoms with E-state index in [-0.39, 0.29) is 10.4 Å². The first kappa shape index (κ1) is 15.4. The van der Waals surface area contributed by atoms with Crippen molar-refractivity contribution in [2.24, 2.45) is 5.92 Å². The van der Waals surface area contributed by atoms with E-state index in [4.69, 9.17) is 4.74 Å². The van der Waals surface area contributed by atoms with Crippen molar-refractivity contribution in [3.8, 4) is 0 Å². The van der Waals surface area contributed by atoms with E-state index in [1.807, 2.05) is 0 Å². The Hall–Kier alpha value is -1.01. The SMILES string of the molecule is CCN(C[C@H]1CCOC1)C(=O)c1c(F)cc(Br)cc1F. The molecule has 0 spiro atoms. The number of carbonyl (C=O) groups is 1. The molecule has 3 nitrogen and oxygen atoms in total. The highest BCUT2D eigenvalue weighted by Gasteiger charge is 2.26. The van der Waals surface area contributed by atoms with Crippen LogP contribution in [0.4, 0.5) is 8.78 Å². The molecule has 1 aliphatic rings. The minimum Gasteiger partial charge on any atom is -0.381 e. The molecule has 0 N–H and O–H groups in total. The maximum atomic E-state index is 13.8. The molecule has 1 fully saturated rings. The molecule has 1 amide bonds. The molecule has 6 heteroatoms. The molecule has 1 atom stereocenters. The van der Waals surface area contributed by atoms with Gasteiger partial charge in [-0.1, -0.05) is 15.9 Å². The Kier molecular flexibility index (Phi) is 5.10. The number of hydrogen-bond acceptors (Lipinski definition) is 2. The zero-order valence-electron chi connectivity index (χ0n) is 11.2. The summed E-state index contributed by atoms with van der Waals surface area (Å²) in [4.78, 5) is 13.8. The zero-order chi connectivity index (χ0) is 14.7. The van der Waals surface area contributed by atoms with E-state index in [9.17, 15) is 13.6 Å². The Morgan fingerprint density at radius 3 is 2.60 bits per heavy atom. The summed E-state index contributed by atoms with van der Waals surface area (Å²) < 4.78 is 33.2. The van der Waals surface area contributed by atoms with Crippen LogP contribution in [0.1, 0.15) is 23.7 Å². The maximum Gasteiger partial charge on any atom is 0.259 e. The van der Waals surface area contributed by atoms with Crippen LogP contribution >= 0.6 is 15.9 Å². The molecule has 110 valence electrons. The van der Waals surface area contributed by atoms with Gasteiger partial charge in [0.15, 0.2) is 0 Å². The topological polar surface area (TPSA) is 29.5 Å². The minimum absolute atomic E-state index is 0.237. The quantitative estimate of drug-likeness (QED) is 0.836. The van der Waals surface area contributed by atoms with E-state index >= 15 is 0 Å². The predicted octanol–water partition coefficient (Wildman–Crippen LogP) is 3.23. The Balaban J connectivity index is 2.19. The molecule has 0 radical (unpaired) electrons. The first-order chi connectivity index (χ1) is 9.52. The number of amides is 1. The highest BCUT2D eigenvalue weighted by atomic mass is 79.9. The number of benzene rings is 1. The van der Waals surface area contributed by atoms with Crippen molar-refractivity contribution in [3.63, 3.8) is 0 Å². The highest BCUT2D eigenvalue weighted by molar-refractivity contribution is 9.10. The third-order valence-electron chi connectivity index (χ3n) is 3.39. The van der Waals surface area contributed by atoms with Crippen molar-refractivity contribution in [2.75, 3.05) is 26.3 Å². The van der Waals surface area contributed by atoms with Crippen LogP contribution in [0.3, 0.4) is 0 Å². The van der Waals surface area contributed by atoms with Gasteiger partial charge in [0.05, 0.1) is 6.61 Å². The summed E-state index contributed by atoms with van der Waals surface area (Å²) in [5.41, 5.74) is -0.492. The summed E-state index contributed by atoms with van der Waals surface area (Å²) in [6.45, 7) is 3.93. The van der Waals surface area contributed by atoms with Crippen LogP contribution in [0.5, 0.6) is 0 Å². The largest absolute Gasteiger partial charge is 0.381 e. The lowest BCUT2D eigenvalue weighted by Gasteiger charge is -2.24. The zero-order valence-corrected chi connectivity index (χ0v) is 12.8. The monoisotopic (exact) mass is 347 g/mol. The number of hydrogen-bond donors (Lipinski definition) is 0. The first-order valence-electron chi connectivity index (χ1n) is 6.54. The van der Waals surface area contributed by atoms with E-state index in [1.54, 1.807) is 6.92 Å². The van der Waals surface area contributed by atoms with E-state index in [1.165, 1.54) is 4.90 Å². The van der Waals surface area contributed by atoms with Gasteiger partial charge < -0.3 is 9.64 Å². The Morgan fingerprint density at radius 2 is 2.10 bits per heavy atom. The Morgan fingerprint density at radius 1 is 1.45 bits per heavy atom. The van der Waals surface area contributed by atoms with Gasteiger partial charge in [0, 0.05) is 30.1 Å². The molecule has 1 saturated heterocycles. The smallest absolute Gasteiger partial charge is 0.259 e. The summed E-state index contributed by atoms with van der Waals surface area (Å²) in [6.07, 6.45) is 0.870. The van der Waals surface area contributed by atoms with Crippen LogP contribution < -0.4 is 0 Å². The molecule has 0 aromatic heterocycles. The van der Waals surface area contributed by atoms with Crippen LogP contribution in [0.2, 0.25) is 0 Å². The van der Waals surface area contributed by atoms with Gasteiger partial charge in [-0.3, -0.25) is 4.79 Å². The summed E-state index contributed by atoms with van der Waals surface area (Å²) in [5, 5.41) is 0. The number of ether oxygens (including phenoxy) is 1. The summed E-state index contributed by atoms with van der Waals surface area (Å²) in [6, 6.07) is 2.20. The normalized spacial score (nSPS) is 18.3. The number of rotatable bonds is 4. The van der Waals surface area contributed by atoms with Crippen LogP contribution in [0, 0.1) is 17.6 Å². The average molecular weight is 348 g/mol. The molecule has 1 heterocycles. The van der Waals surface area contributed by atoms with Gasteiger partial charge >= 0.3 is 0 Å². The third-order valence-corrected chi connectivity index (χ3v) is 3.85. The lowest BCUT2D eigenvalue weighted by atomic mass is 10.1. The van der Waals surface area contributed by atoms with Crippen molar-refractivity contribution in [1.82, 2.24) is 4.90 Å². The van der Waals surface area contributed by atoms with Crippen LogP contribution in [0.15, 0.2) is 16.6 Å². The van der Waals surface area contributed by atoms with Gasteiger partial charge in [-0.25, -0.2) is 8.78 Å². The lowest BCUT2D eigenvalue weighted by Crippen LogP contribution is -2.36. The molecule has 1 aromatic carbocycles. The van der Waals surface area contributed by atoms with Gasteiger partial charge in [0.2, 0.25) is 0 Å². The second-order valence-electron chi connectivity index (χ2n) is 4.82. The minimum atomic E-state index is -0.844. The fraction of sp³-hybridized carbons (Fsp3) is 0.500. The Labute approximate surface area is 125 Å². The standard InChI is InChI=1S/C14H16BrF2NO2/c1-2-18(7-9-3-4-20-8-9)14(19)13-11(16)5-10(15)6-12(13)17/h5-6,9H,2-4,7-8H2,1H3/t9-/m1/s1. The lowest BCUT2D eigenvalue weighted by molar-refractivity contribution is 0.0721. The molecule has 0 aliphatic carbocycles. The van der Waals surface area contributed by atoms with Crippen molar-refractivity contribution < 1.29 is 18.3 Å². The van der Waals surface area contributed by atoms with Gasteiger partial charge in [0.1, 0.15) is 17.2 Å². The molecular formula is C14H16BrF2NO2. The van der Waals surface area contributed by atoms with Gasteiger partial charge in [0.25, 0.3) is 5.91 Å². The van der Waals surface area contributed by atoms with Crippen molar-refractivity contribution in [2.45, 2.75) is 13.3 Å². The molecule has 1 aromatic rings. The first-order valence-corrected chi connectivity index (χ1v) is 7.33. The number of carbonyl (C=O) groups excluding carboxylic acids is 1. The van der Waals surface area contributed by atoms with Gasteiger partial charge in [-0.05, 0) is 25.5 Å². The molecule has 0 bridgehead atoms. The Bertz CT molecular complexity index is 481. The van der Waals surface area contributed by atoms with Crippen molar-refractivity contribution in [3.05, 3.63) is 33.8 Å². The molecule has 1 aliphatic heterocycles. The van der Waals surface area contributed by atoms with E-state index < -0.39 is 23.1 Å². The highest BCUT2D eigenvalue weighted by Crippen LogP contribution is 2.22. The van der Waals surface area contributed by atoms with Gasteiger partial charge in [-0.2, -0.15) is 0 Å². The van der Waals surface area contributed by atoms with Crippen LogP contribution in [0.25, 0.3) is 0 Å². The molecule has 20 heavy (non-hydrogen) atoms. The van der Waals surface area contributed by atoms with E-state index in [2.05, 4.69) is 15.9 Å². The van der Waals surface area contributed by atoms with Crippen molar-refractivity contribution in [1.29, 1.82) is 0 Å². The van der Waals surface area contributed by atoms with Gasteiger partial charge in [-0.15, -0.1) is 0 Å². The average Bonchev–Trinajstić information content (AvgIpc) is 2.87. The second kappa shape index (κ2) is 6.63.